The number of nitrogens with zero attached hydrogens (tertiary/aromatic N) is 3. The average molecular weight is 378 g/mol. The molecule has 0 amide bonds. The van der Waals surface area contributed by atoms with E-state index in [1.165, 1.54) is 5.56 Å². The number of guanidine groups is 1. The van der Waals surface area contributed by atoms with E-state index in [9.17, 15) is 8.42 Å². The highest BCUT2D eigenvalue weighted by Gasteiger charge is 2.06. The van der Waals surface area contributed by atoms with E-state index in [0.29, 0.717) is 12.5 Å². The van der Waals surface area contributed by atoms with E-state index in [2.05, 4.69) is 32.9 Å². The third-order valence-corrected chi connectivity index (χ3v) is 5.55. The first-order valence-corrected chi connectivity index (χ1v) is 10.7. The van der Waals surface area contributed by atoms with Crippen molar-refractivity contribution in [1.29, 1.82) is 0 Å². The fourth-order valence-electron chi connectivity index (χ4n) is 2.34. The van der Waals surface area contributed by atoms with Gasteiger partial charge in [-0.3, -0.25) is 4.99 Å². The van der Waals surface area contributed by atoms with Crippen molar-refractivity contribution in [3.8, 4) is 5.69 Å². The van der Waals surface area contributed by atoms with E-state index < -0.39 is 9.84 Å². The Morgan fingerprint density at radius 2 is 1.96 bits per heavy atom. The zero-order valence-corrected chi connectivity index (χ0v) is 16.2. The molecular weight excluding hydrogens is 350 g/mol. The molecule has 0 radical (unpaired) electrons. The first-order valence-electron chi connectivity index (χ1n) is 8.85. The Hall–Kier alpha value is -2.35. The van der Waals surface area contributed by atoms with E-state index >= 15 is 0 Å². The number of benzene rings is 1. The summed E-state index contributed by atoms with van der Waals surface area (Å²) in [6.07, 6.45) is 4.51. The lowest BCUT2D eigenvalue weighted by Gasteiger charge is -2.11. The highest BCUT2D eigenvalue weighted by atomic mass is 32.2. The van der Waals surface area contributed by atoms with Crippen molar-refractivity contribution < 1.29 is 8.42 Å². The summed E-state index contributed by atoms with van der Waals surface area (Å²) in [6.45, 7) is 5.34. The third-order valence-electron chi connectivity index (χ3n) is 3.87. The summed E-state index contributed by atoms with van der Waals surface area (Å²) < 4.78 is 24.9. The van der Waals surface area contributed by atoms with Crippen molar-refractivity contribution in [1.82, 2.24) is 20.4 Å². The fourth-order valence-corrected chi connectivity index (χ4v) is 3.00. The van der Waals surface area contributed by atoms with Gasteiger partial charge in [0.1, 0.15) is 0 Å². The quantitative estimate of drug-likeness (QED) is 0.509. The van der Waals surface area contributed by atoms with Gasteiger partial charge in [-0.1, -0.05) is 19.1 Å². The zero-order valence-electron chi connectivity index (χ0n) is 15.4. The van der Waals surface area contributed by atoms with Gasteiger partial charge >= 0.3 is 0 Å². The summed E-state index contributed by atoms with van der Waals surface area (Å²) in [4.78, 5) is 4.33. The van der Waals surface area contributed by atoms with Gasteiger partial charge in [-0.15, -0.1) is 0 Å². The molecule has 0 spiro atoms. The maximum absolute atomic E-state index is 11.5. The topological polar surface area (TPSA) is 88.4 Å². The van der Waals surface area contributed by atoms with Crippen molar-refractivity contribution in [2.75, 3.05) is 31.1 Å². The number of hydrogen-bond donors (Lipinski definition) is 2. The second-order valence-corrected chi connectivity index (χ2v) is 8.26. The van der Waals surface area contributed by atoms with E-state index in [0.717, 1.165) is 18.7 Å². The molecule has 0 unspecified atom stereocenters. The second-order valence-electron chi connectivity index (χ2n) is 5.79. The molecule has 0 atom stereocenters. The fraction of sp³-hybridized carbons (Fsp3) is 0.444. The number of aromatic nitrogens is 2. The molecule has 1 heterocycles. The Bertz CT molecular complexity index is 783. The maximum Gasteiger partial charge on any atom is 0.191 e. The van der Waals surface area contributed by atoms with Gasteiger partial charge in [-0.25, -0.2) is 13.1 Å². The van der Waals surface area contributed by atoms with Crippen LogP contribution < -0.4 is 10.6 Å². The second kappa shape index (κ2) is 9.96. The van der Waals surface area contributed by atoms with Crippen molar-refractivity contribution in [3.63, 3.8) is 0 Å². The Morgan fingerprint density at radius 1 is 1.19 bits per heavy atom. The Kier molecular flexibility index (Phi) is 7.65. The van der Waals surface area contributed by atoms with Crippen molar-refractivity contribution in [2.45, 2.75) is 20.3 Å². The first-order chi connectivity index (χ1) is 12.5. The Labute approximate surface area is 155 Å². The molecular formula is C18H27N5O2S. The van der Waals surface area contributed by atoms with Crippen LogP contribution in [0.25, 0.3) is 5.69 Å². The number of hydrogen-bond acceptors (Lipinski definition) is 4. The highest BCUT2D eigenvalue weighted by Crippen LogP contribution is 2.08. The molecule has 0 saturated carbocycles. The summed E-state index contributed by atoms with van der Waals surface area (Å²) in [7, 11) is -2.99. The van der Waals surface area contributed by atoms with Crippen molar-refractivity contribution >= 4 is 15.8 Å². The summed E-state index contributed by atoms with van der Waals surface area (Å²) in [5.74, 6) is 0.877. The zero-order chi connectivity index (χ0) is 18.8. The smallest absolute Gasteiger partial charge is 0.191 e. The molecule has 2 aromatic rings. The minimum Gasteiger partial charge on any atom is -0.357 e. The minimum atomic E-state index is -2.99. The largest absolute Gasteiger partial charge is 0.357 e. The molecule has 1 aromatic heterocycles. The summed E-state index contributed by atoms with van der Waals surface area (Å²) in [6, 6.07) is 10.1. The lowest BCUT2D eigenvalue weighted by molar-refractivity contribution is 0.597. The highest BCUT2D eigenvalue weighted by molar-refractivity contribution is 7.91. The molecule has 0 fully saturated rings. The van der Waals surface area contributed by atoms with Gasteiger partial charge in [0.25, 0.3) is 0 Å². The predicted octanol–water partition coefficient (Wildman–Crippen LogP) is 1.40. The normalized spacial score (nSPS) is 12.2. The summed E-state index contributed by atoms with van der Waals surface area (Å²) >= 11 is 0. The van der Waals surface area contributed by atoms with Crippen LogP contribution in [0.5, 0.6) is 0 Å². The standard InChI is InChI=1S/C18H27N5O2S/c1-3-19-18(21-13-15-26(24,25)4-2)20-12-10-16-6-8-17(9-7-16)23-14-5-11-22-23/h5-9,11,14H,3-4,10,12-13,15H2,1-2H3,(H2,19,20,21). The maximum atomic E-state index is 11.5. The molecule has 0 bridgehead atoms. The van der Waals surface area contributed by atoms with Crippen LogP contribution in [0.3, 0.4) is 0 Å². The van der Waals surface area contributed by atoms with Crippen LogP contribution in [0.4, 0.5) is 0 Å². The summed E-state index contributed by atoms with van der Waals surface area (Å²) in [5, 5.41) is 10.6. The number of sulfone groups is 1. The van der Waals surface area contributed by atoms with Gasteiger partial charge in [0, 0.05) is 31.2 Å². The predicted molar refractivity (Wildman–Crippen MR) is 106 cm³/mol. The molecule has 142 valence electrons. The van der Waals surface area contributed by atoms with Crippen LogP contribution >= 0.6 is 0 Å². The van der Waals surface area contributed by atoms with Crippen LogP contribution in [-0.4, -0.2) is 55.3 Å². The van der Waals surface area contributed by atoms with Gasteiger partial charge in [-0.2, -0.15) is 5.10 Å². The molecule has 0 saturated heterocycles. The molecule has 1 aromatic carbocycles. The Balaban J connectivity index is 1.83. The summed E-state index contributed by atoms with van der Waals surface area (Å²) in [5.41, 5.74) is 2.23. The molecule has 2 N–H and O–H groups in total. The van der Waals surface area contributed by atoms with Crippen molar-refractivity contribution in [3.05, 3.63) is 48.3 Å². The van der Waals surface area contributed by atoms with Gasteiger partial charge < -0.3 is 10.6 Å². The van der Waals surface area contributed by atoms with Gasteiger partial charge in [0.15, 0.2) is 15.8 Å². The van der Waals surface area contributed by atoms with E-state index in [1.807, 2.05) is 36.0 Å². The molecule has 7 nitrogen and oxygen atoms in total. The molecule has 0 aliphatic rings. The van der Waals surface area contributed by atoms with Crippen LogP contribution in [0.15, 0.2) is 47.7 Å². The van der Waals surface area contributed by atoms with E-state index in [4.69, 9.17) is 0 Å². The van der Waals surface area contributed by atoms with Crippen LogP contribution in [0, 0.1) is 0 Å². The first kappa shape index (κ1) is 20.0. The van der Waals surface area contributed by atoms with Crippen molar-refractivity contribution in [2.24, 2.45) is 4.99 Å². The molecule has 8 heteroatoms. The lowest BCUT2D eigenvalue weighted by Crippen LogP contribution is -2.38. The average Bonchev–Trinajstić information content (AvgIpc) is 3.17. The molecule has 0 aliphatic carbocycles. The number of rotatable bonds is 9. The third kappa shape index (κ3) is 6.51. The number of aliphatic imine (C=N–C) groups is 1. The Morgan fingerprint density at radius 3 is 2.58 bits per heavy atom. The van der Waals surface area contributed by atoms with Gasteiger partial charge in [-0.05, 0) is 37.1 Å². The lowest BCUT2D eigenvalue weighted by atomic mass is 10.1. The molecule has 2 rings (SSSR count). The van der Waals surface area contributed by atoms with Gasteiger partial charge in [0.05, 0.1) is 18.0 Å². The van der Waals surface area contributed by atoms with Crippen LogP contribution in [0.2, 0.25) is 0 Å². The molecule has 26 heavy (non-hydrogen) atoms. The van der Waals surface area contributed by atoms with Crippen LogP contribution in [-0.2, 0) is 16.3 Å². The minimum absolute atomic E-state index is 0.0783. The van der Waals surface area contributed by atoms with E-state index in [-0.39, 0.29) is 18.1 Å². The number of nitrogens with one attached hydrogen (secondary N) is 2. The van der Waals surface area contributed by atoms with E-state index in [1.54, 1.807) is 13.1 Å². The van der Waals surface area contributed by atoms with Crippen LogP contribution in [0.1, 0.15) is 19.4 Å². The monoisotopic (exact) mass is 377 g/mol. The molecule has 0 aliphatic heterocycles. The SMILES string of the molecule is CCNC(=NCCS(=O)(=O)CC)NCCc1ccc(-n2cccn2)cc1. The van der Waals surface area contributed by atoms with Gasteiger partial charge in [0.2, 0.25) is 0 Å².